The number of methoxy groups -OCH3 is 1. The van der Waals surface area contributed by atoms with Gasteiger partial charge in [-0.25, -0.2) is 0 Å². The van der Waals surface area contributed by atoms with Gasteiger partial charge in [0.2, 0.25) is 0 Å². The van der Waals surface area contributed by atoms with Crippen LogP contribution < -0.4 is 9.47 Å². The maximum absolute atomic E-state index is 13.3. The van der Waals surface area contributed by atoms with Crippen molar-refractivity contribution in [2.75, 3.05) is 39.9 Å². The number of Topliss-reactive ketones (excluding diaryl/α,β-unsaturated/α-hetero) is 1. The van der Waals surface area contributed by atoms with Gasteiger partial charge in [-0.1, -0.05) is 38.8 Å². The SMILES string of the molecule is CCCCN(CCCC)CCCN1C(=O)C(=O)/C(=C(\O)c2ccc(OC)cc2)C1c1ccc(OCC)cc1. The fourth-order valence-electron chi connectivity index (χ4n) is 4.84. The van der Waals surface area contributed by atoms with Crippen LogP contribution in [-0.2, 0) is 9.59 Å². The Balaban J connectivity index is 1.92. The summed E-state index contributed by atoms with van der Waals surface area (Å²) in [5.74, 6) is -0.0647. The van der Waals surface area contributed by atoms with E-state index in [1.165, 1.54) is 0 Å². The van der Waals surface area contributed by atoms with Gasteiger partial charge in [-0.2, -0.15) is 0 Å². The number of likely N-dealkylation sites (tertiary alicyclic amines) is 1. The molecule has 1 atom stereocenters. The first-order chi connectivity index (χ1) is 18.4. The molecule has 2 aromatic carbocycles. The zero-order valence-corrected chi connectivity index (χ0v) is 23.2. The smallest absolute Gasteiger partial charge is 0.295 e. The molecule has 2 aromatic rings. The lowest BCUT2D eigenvalue weighted by molar-refractivity contribution is -0.140. The Bertz CT molecular complexity index is 1070. The van der Waals surface area contributed by atoms with Gasteiger partial charge in [0, 0.05) is 12.1 Å². The first-order valence-electron chi connectivity index (χ1n) is 13.8. The molecule has 0 aromatic heterocycles. The number of benzene rings is 2. The second kappa shape index (κ2) is 14.6. The predicted octanol–water partition coefficient (Wildman–Crippen LogP) is 5.81. The molecule has 1 heterocycles. The number of ketones is 1. The topological polar surface area (TPSA) is 79.3 Å². The second-order valence-corrected chi connectivity index (χ2v) is 9.63. The normalized spacial score (nSPS) is 16.9. The van der Waals surface area contributed by atoms with Crippen LogP contribution in [0.3, 0.4) is 0 Å². The van der Waals surface area contributed by atoms with Crippen LogP contribution >= 0.6 is 0 Å². The fourth-order valence-corrected chi connectivity index (χ4v) is 4.84. The van der Waals surface area contributed by atoms with E-state index in [1.807, 2.05) is 31.2 Å². The monoisotopic (exact) mass is 522 g/mol. The van der Waals surface area contributed by atoms with E-state index in [-0.39, 0.29) is 11.3 Å². The van der Waals surface area contributed by atoms with E-state index >= 15 is 0 Å². The number of hydrogen-bond acceptors (Lipinski definition) is 6. The summed E-state index contributed by atoms with van der Waals surface area (Å²) in [6.45, 7) is 10.2. The van der Waals surface area contributed by atoms with Gasteiger partial charge in [0.25, 0.3) is 11.7 Å². The van der Waals surface area contributed by atoms with Crippen LogP contribution in [0.15, 0.2) is 54.1 Å². The summed E-state index contributed by atoms with van der Waals surface area (Å²) in [5.41, 5.74) is 1.33. The standard InChI is InChI=1S/C31H42N2O5/c1-5-8-19-32(20-9-6-2)21-10-22-33-28(23-11-17-26(18-12-23)38-7-3)27(30(35)31(33)36)29(34)24-13-15-25(37-4)16-14-24/h11-18,28,34H,5-10,19-22H2,1-4H3/b29-27-. The van der Waals surface area contributed by atoms with Gasteiger partial charge >= 0.3 is 0 Å². The van der Waals surface area contributed by atoms with Crippen LogP contribution in [0.2, 0.25) is 0 Å². The summed E-state index contributed by atoms with van der Waals surface area (Å²) in [4.78, 5) is 30.7. The van der Waals surface area contributed by atoms with Crippen LogP contribution in [0.4, 0.5) is 0 Å². The van der Waals surface area contributed by atoms with Gasteiger partial charge < -0.3 is 24.4 Å². The number of carbonyl (C=O) groups excluding carboxylic acids is 2. The summed E-state index contributed by atoms with van der Waals surface area (Å²) < 4.78 is 10.8. The minimum absolute atomic E-state index is 0.109. The Morgan fingerprint density at radius 2 is 1.45 bits per heavy atom. The molecule has 0 radical (unpaired) electrons. The maximum Gasteiger partial charge on any atom is 0.295 e. The molecular weight excluding hydrogens is 480 g/mol. The first kappa shape index (κ1) is 29.2. The highest BCUT2D eigenvalue weighted by Gasteiger charge is 2.45. The number of hydrogen-bond donors (Lipinski definition) is 1. The van der Waals surface area contributed by atoms with Crippen molar-refractivity contribution in [3.63, 3.8) is 0 Å². The molecule has 0 aliphatic carbocycles. The van der Waals surface area contributed by atoms with Gasteiger partial charge in [-0.05, 0) is 87.8 Å². The van der Waals surface area contributed by atoms with Crippen LogP contribution in [-0.4, -0.2) is 66.5 Å². The number of carbonyl (C=O) groups is 2. The maximum atomic E-state index is 13.3. The highest BCUT2D eigenvalue weighted by atomic mass is 16.5. The van der Waals surface area contributed by atoms with Crippen molar-refractivity contribution in [1.82, 2.24) is 9.80 Å². The van der Waals surface area contributed by atoms with E-state index in [4.69, 9.17) is 9.47 Å². The number of aliphatic hydroxyl groups is 1. The molecule has 206 valence electrons. The van der Waals surface area contributed by atoms with Crippen molar-refractivity contribution in [2.45, 2.75) is 58.9 Å². The van der Waals surface area contributed by atoms with Crippen LogP contribution in [0.25, 0.3) is 5.76 Å². The molecule has 1 aliphatic heterocycles. The van der Waals surface area contributed by atoms with Gasteiger partial charge in [-0.3, -0.25) is 9.59 Å². The molecular formula is C31H42N2O5. The first-order valence-corrected chi connectivity index (χ1v) is 13.8. The number of unbranched alkanes of at least 4 members (excludes halogenated alkanes) is 2. The summed E-state index contributed by atoms with van der Waals surface area (Å²) in [7, 11) is 1.57. The van der Waals surface area contributed by atoms with E-state index in [0.717, 1.165) is 57.3 Å². The van der Waals surface area contributed by atoms with Crippen molar-refractivity contribution in [3.05, 3.63) is 65.2 Å². The van der Waals surface area contributed by atoms with E-state index in [9.17, 15) is 14.7 Å². The van der Waals surface area contributed by atoms with Crippen molar-refractivity contribution in [3.8, 4) is 11.5 Å². The summed E-state index contributed by atoms with van der Waals surface area (Å²) >= 11 is 0. The van der Waals surface area contributed by atoms with Gasteiger partial charge in [0.05, 0.1) is 25.3 Å². The number of aliphatic hydroxyl groups excluding tert-OH is 1. The molecule has 0 bridgehead atoms. The largest absolute Gasteiger partial charge is 0.507 e. The molecule has 3 rings (SSSR count). The lowest BCUT2D eigenvalue weighted by Crippen LogP contribution is -2.34. The van der Waals surface area contributed by atoms with Gasteiger partial charge in [0.1, 0.15) is 17.3 Å². The average Bonchev–Trinajstić information content (AvgIpc) is 3.19. The predicted molar refractivity (Wildman–Crippen MR) is 150 cm³/mol. The quantitative estimate of drug-likeness (QED) is 0.181. The Labute approximate surface area is 227 Å². The Hall–Kier alpha value is -3.32. The van der Waals surface area contributed by atoms with E-state index < -0.39 is 17.7 Å². The third-order valence-corrected chi connectivity index (χ3v) is 6.94. The van der Waals surface area contributed by atoms with Crippen molar-refractivity contribution < 1.29 is 24.2 Å². The molecule has 1 fully saturated rings. The molecule has 0 saturated carbocycles. The molecule has 1 saturated heterocycles. The Morgan fingerprint density at radius 3 is 2.00 bits per heavy atom. The zero-order valence-electron chi connectivity index (χ0n) is 23.2. The molecule has 1 aliphatic rings. The van der Waals surface area contributed by atoms with E-state index in [2.05, 4.69) is 18.7 Å². The van der Waals surface area contributed by atoms with Crippen molar-refractivity contribution in [2.24, 2.45) is 0 Å². The summed E-state index contributed by atoms with van der Waals surface area (Å²) in [5, 5.41) is 11.3. The third kappa shape index (κ3) is 7.16. The highest BCUT2D eigenvalue weighted by Crippen LogP contribution is 2.40. The highest BCUT2D eigenvalue weighted by molar-refractivity contribution is 6.46. The molecule has 1 amide bonds. The lowest BCUT2D eigenvalue weighted by atomic mass is 9.95. The van der Waals surface area contributed by atoms with Crippen LogP contribution in [0.1, 0.15) is 70.0 Å². The molecule has 38 heavy (non-hydrogen) atoms. The molecule has 1 unspecified atom stereocenters. The van der Waals surface area contributed by atoms with Crippen molar-refractivity contribution in [1.29, 1.82) is 0 Å². The van der Waals surface area contributed by atoms with Crippen molar-refractivity contribution >= 4 is 17.4 Å². The Morgan fingerprint density at radius 1 is 0.868 bits per heavy atom. The number of rotatable bonds is 15. The zero-order chi connectivity index (χ0) is 27.5. The molecule has 1 N–H and O–H groups in total. The minimum Gasteiger partial charge on any atom is -0.507 e. The summed E-state index contributed by atoms with van der Waals surface area (Å²) in [6.07, 6.45) is 5.31. The second-order valence-electron chi connectivity index (χ2n) is 9.63. The molecule has 7 nitrogen and oxygen atoms in total. The minimum atomic E-state index is -0.674. The van der Waals surface area contributed by atoms with E-state index in [0.29, 0.717) is 30.2 Å². The number of amides is 1. The van der Waals surface area contributed by atoms with Crippen LogP contribution in [0.5, 0.6) is 11.5 Å². The third-order valence-electron chi connectivity index (χ3n) is 6.94. The summed E-state index contributed by atoms with van der Waals surface area (Å²) in [6, 6.07) is 13.6. The molecule has 0 spiro atoms. The van der Waals surface area contributed by atoms with E-state index in [1.54, 1.807) is 36.3 Å². The lowest BCUT2D eigenvalue weighted by Gasteiger charge is -2.27. The van der Waals surface area contributed by atoms with Gasteiger partial charge in [0.15, 0.2) is 0 Å². The number of ether oxygens (including phenoxy) is 2. The molecule has 7 heteroatoms. The Kier molecular flexibility index (Phi) is 11.2. The number of nitrogens with zero attached hydrogens (tertiary/aromatic N) is 2. The fraction of sp³-hybridized carbons (Fsp3) is 0.484. The van der Waals surface area contributed by atoms with Crippen LogP contribution in [0, 0.1) is 0 Å². The van der Waals surface area contributed by atoms with Gasteiger partial charge in [-0.15, -0.1) is 0 Å². The average molecular weight is 523 g/mol.